The third-order valence-corrected chi connectivity index (χ3v) is 4.37. The van der Waals surface area contributed by atoms with E-state index in [9.17, 15) is 13.2 Å². The van der Waals surface area contributed by atoms with Crippen molar-refractivity contribution < 1.29 is 17.9 Å². The van der Waals surface area contributed by atoms with Gasteiger partial charge in [0.2, 0.25) is 15.9 Å². The van der Waals surface area contributed by atoms with Crippen molar-refractivity contribution in [3.8, 4) is 0 Å². The number of methoxy groups -OCH3 is 1. The van der Waals surface area contributed by atoms with Crippen molar-refractivity contribution in [2.75, 3.05) is 33.1 Å². The first-order chi connectivity index (χ1) is 9.28. The number of amides is 1. The second-order valence-electron chi connectivity index (χ2n) is 4.37. The van der Waals surface area contributed by atoms with Gasteiger partial charge in [-0.3, -0.25) is 4.79 Å². The maximum Gasteiger partial charge on any atom is 0.243 e. The van der Waals surface area contributed by atoms with Crippen molar-refractivity contribution in [3.05, 3.63) is 24.3 Å². The first kappa shape index (κ1) is 16.6. The highest BCUT2D eigenvalue weighted by Crippen LogP contribution is 2.17. The predicted molar refractivity (Wildman–Crippen MR) is 75.8 cm³/mol. The lowest BCUT2D eigenvalue weighted by atomic mass is 10.2. The summed E-state index contributed by atoms with van der Waals surface area (Å²) in [5, 5.41) is 2.55. The lowest BCUT2D eigenvalue weighted by Gasteiger charge is -2.14. The lowest BCUT2D eigenvalue weighted by Crippen LogP contribution is -2.39. The van der Waals surface area contributed by atoms with Gasteiger partial charge in [-0.05, 0) is 18.2 Å². The molecule has 0 aliphatic rings. The molecule has 0 bridgehead atoms. The van der Waals surface area contributed by atoms with E-state index in [0.29, 0.717) is 5.69 Å². The molecule has 1 rings (SSSR count). The lowest BCUT2D eigenvalue weighted by molar-refractivity contribution is -0.118. The summed E-state index contributed by atoms with van der Waals surface area (Å²) in [5.74, 6) is -0.439. The molecular weight excluding hydrogens is 282 g/mol. The van der Waals surface area contributed by atoms with Crippen molar-refractivity contribution in [1.29, 1.82) is 0 Å². The van der Waals surface area contributed by atoms with E-state index in [1.54, 1.807) is 12.1 Å². The molecule has 1 unspecified atom stereocenters. The van der Waals surface area contributed by atoms with Crippen molar-refractivity contribution >= 4 is 21.6 Å². The Bertz CT molecular complexity index is 572. The number of nitrogens with zero attached hydrogens (tertiary/aromatic N) is 1. The summed E-state index contributed by atoms with van der Waals surface area (Å²) < 4.78 is 29.8. The van der Waals surface area contributed by atoms with Gasteiger partial charge in [0, 0.05) is 26.9 Å². The Kier molecular flexibility index (Phi) is 5.63. The summed E-state index contributed by atoms with van der Waals surface area (Å²) in [6.07, 6.45) is 0. The molecule has 1 amide bonds. The Balaban J connectivity index is 2.92. The molecule has 7 nitrogen and oxygen atoms in total. The maximum absolute atomic E-state index is 12.0. The number of nitrogens with two attached hydrogens (primary N) is 1. The van der Waals surface area contributed by atoms with Gasteiger partial charge in [-0.1, -0.05) is 6.07 Å². The van der Waals surface area contributed by atoms with Crippen molar-refractivity contribution in [2.45, 2.75) is 10.9 Å². The highest BCUT2D eigenvalue weighted by atomic mass is 32.2. The van der Waals surface area contributed by atoms with Gasteiger partial charge in [-0.15, -0.1) is 0 Å². The summed E-state index contributed by atoms with van der Waals surface area (Å²) in [6, 6.07) is 5.17. The maximum atomic E-state index is 12.0. The Hall–Kier alpha value is -1.48. The molecule has 0 aliphatic carbocycles. The standard InChI is InChI=1S/C12H19N3O4S/c1-15(2)20(17,18)10-6-4-5-9(7-10)14-12(16)11(13)8-19-3/h4-7,11H,8,13H2,1-3H3,(H,14,16). The quantitative estimate of drug-likeness (QED) is 0.761. The summed E-state index contributed by atoms with van der Waals surface area (Å²) in [5.41, 5.74) is 5.95. The predicted octanol–water partition coefficient (Wildman–Crippen LogP) is -0.151. The van der Waals surface area contributed by atoms with Gasteiger partial charge in [0.05, 0.1) is 11.5 Å². The molecule has 112 valence electrons. The molecule has 1 aromatic rings. The van der Waals surface area contributed by atoms with Crippen LogP contribution in [0.2, 0.25) is 0 Å². The zero-order chi connectivity index (χ0) is 15.3. The van der Waals surface area contributed by atoms with Crippen LogP contribution in [0.1, 0.15) is 0 Å². The number of anilines is 1. The van der Waals surface area contributed by atoms with Crippen molar-refractivity contribution in [3.63, 3.8) is 0 Å². The molecule has 0 spiro atoms. The van der Waals surface area contributed by atoms with Gasteiger partial charge < -0.3 is 15.8 Å². The molecule has 20 heavy (non-hydrogen) atoms. The van der Waals surface area contributed by atoms with Gasteiger partial charge >= 0.3 is 0 Å². The number of carbonyl (C=O) groups excluding carboxylic acids is 1. The summed E-state index contributed by atoms with van der Waals surface area (Å²) in [7, 11) is 0.781. The average Bonchev–Trinajstić information content (AvgIpc) is 2.39. The van der Waals surface area contributed by atoms with Crippen LogP contribution in [0.3, 0.4) is 0 Å². The van der Waals surface area contributed by atoms with E-state index in [1.807, 2.05) is 0 Å². The molecule has 1 aromatic carbocycles. The van der Waals surface area contributed by atoms with E-state index in [0.717, 1.165) is 4.31 Å². The minimum Gasteiger partial charge on any atom is -0.383 e. The number of hydrogen-bond acceptors (Lipinski definition) is 5. The molecule has 0 aliphatic heterocycles. The number of carbonyl (C=O) groups is 1. The van der Waals surface area contributed by atoms with E-state index in [4.69, 9.17) is 10.5 Å². The van der Waals surface area contributed by atoms with Crippen LogP contribution in [0.5, 0.6) is 0 Å². The van der Waals surface area contributed by atoms with E-state index >= 15 is 0 Å². The Morgan fingerprint density at radius 2 is 2.10 bits per heavy atom. The Morgan fingerprint density at radius 3 is 2.65 bits per heavy atom. The first-order valence-corrected chi connectivity index (χ1v) is 7.31. The van der Waals surface area contributed by atoms with Gasteiger partial charge in [0.25, 0.3) is 0 Å². The van der Waals surface area contributed by atoms with E-state index in [-0.39, 0.29) is 11.5 Å². The number of benzene rings is 1. The largest absolute Gasteiger partial charge is 0.383 e. The normalized spacial score (nSPS) is 13.2. The van der Waals surface area contributed by atoms with Crippen LogP contribution in [0.4, 0.5) is 5.69 Å². The minimum atomic E-state index is -3.54. The number of ether oxygens (including phenoxy) is 1. The highest BCUT2D eigenvalue weighted by Gasteiger charge is 2.18. The SMILES string of the molecule is COCC(N)C(=O)Nc1cccc(S(=O)(=O)N(C)C)c1. The second kappa shape index (κ2) is 6.80. The first-order valence-electron chi connectivity index (χ1n) is 5.87. The molecule has 0 fully saturated rings. The molecule has 0 radical (unpaired) electrons. The third-order valence-electron chi connectivity index (χ3n) is 2.56. The van der Waals surface area contributed by atoms with Crippen LogP contribution in [-0.2, 0) is 19.6 Å². The monoisotopic (exact) mass is 301 g/mol. The van der Waals surface area contributed by atoms with Crippen LogP contribution in [0.15, 0.2) is 29.2 Å². The summed E-state index contributed by atoms with van der Waals surface area (Å²) in [4.78, 5) is 11.8. The van der Waals surface area contributed by atoms with Gasteiger partial charge in [-0.25, -0.2) is 12.7 Å². The average molecular weight is 301 g/mol. The van der Waals surface area contributed by atoms with Crippen molar-refractivity contribution in [2.24, 2.45) is 5.73 Å². The Morgan fingerprint density at radius 1 is 1.45 bits per heavy atom. The smallest absolute Gasteiger partial charge is 0.243 e. The van der Waals surface area contributed by atoms with Gasteiger partial charge in [-0.2, -0.15) is 0 Å². The molecule has 1 atom stereocenters. The van der Waals surface area contributed by atoms with Crippen LogP contribution < -0.4 is 11.1 Å². The molecule has 8 heteroatoms. The van der Waals surface area contributed by atoms with Crippen LogP contribution >= 0.6 is 0 Å². The van der Waals surface area contributed by atoms with Crippen molar-refractivity contribution in [1.82, 2.24) is 4.31 Å². The van der Waals surface area contributed by atoms with Crippen LogP contribution in [0, 0.1) is 0 Å². The topological polar surface area (TPSA) is 102 Å². The molecular formula is C12H19N3O4S. The van der Waals surface area contributed by atoms with Gasteiger partial charge in [0.1, 0.15) is 6.04 Å². The highest BCUT2D eigenvalue weighted by molar-refractivity contribution is 7.89. The fourth-order valence-corrected chi connectivity index (χ4v) is 2.38. The third kappa shape index (κ3) is 4.01. The second-order valence-corrected chi connectivity index (χ2v) is 6.52. The van der Waals surface area contributed by atoms with E-state index in [2.05, 4.69) is 5.32 Å². The fraction of sp³-hybridized carbons (Fsp3) is 0.417. The van der Waals surface area contributed by atoms with Crippen LogP contribution in [0.25, 0.3) is 0 Å². The number of sulfonamides is 1. The fourth-order valence-electron chi connectivity index (χ4n) is 1.44. The summed E-state index contributed by atoms with van der Waals surface area (Å²) in [6.45, 7) is 0.0848. The molecule has 0 saturated carbocycles. The Labute approximate surface area is 118 Å². The zero-order valence-electron chi connectivity index (χ0n) is 11.7. The zero-order valence-corrected chi connectivity index (χ0v) is 12.5. The summed E-state index contributed by atoms with van der Waals surface area (Å²) >= 11 is 0. The number of rotatable bonds is 6. The number of nitrogens with one attached hydrogen (secondary N) is 1. The number of hydrogen-bond donors (Lipinski definition) is 2. The van der Waals surface area contributed by atoms with E-state index < -0.39 is 22.0 Å². The molecule has 0 aromatic heterocycles. The van der Waals surface area contributed by atoms with Crippen LogP contribution in [-0.4, -0.2) is 52.5 Å². The molecule has 3 N–H and O–H groups in total. The molecule has 0 saturated heterocycles. The van der Waals surface area contributed by atoms with E-state index in [1.165, 1.54) is 33.3 Å². The minimum absolute atomic E-state index is 0.0848. The molecule has 0 heterocycles. The van der Waals surface area contributed by atoms with Gasteiger partial charge in [0.15, 0.2) is 0 Å².